The van der Waals surface area contributed by atoms with E-state index in [4.69, 9.17) is 4.98 Å². The van der Waals surface area contributed by atoms with Crippen molar-refractivity contribution < 1.29 is 0 Å². The molecule has 2 nitrogen and oxygen atoms in total. The first-order valence-corrected chi connectivity index (χ1v) is 8.73. The minimum absolute atomic E-state index is 0.510. The Morgan fingerprint density at radius 3 is 2.88 bits per heavy atom. The summed E-state index contributed by atoms with van der Waals surface area (Å²) in [4.78, 5) is 4.90. The zero-order chi connectivity index (χ0) is 11.5. The molecule has 1 aliphatic carbocycles. The van der Waals surface area contributed by atoms with Gasteiger partial charge in [0.1, 0.15) is 5.01 Å². The van der Waals surface area contributed by atoms with E-state index in [9.17, 15) is 0 Å². The summed E-state index contributed by atoms with van der Waals surface area (Å²) in [6, 6.07) is 0.510. The van der Waals surface area contributed by atoms with Gasteiger partial charge in [0.05, 0.1) is 11.7 Å². The Hall–Kier alpha value is -0.0600. The van der Waals surface area contributed by atoms with E-state index in [1.54, 1.807) is 0 Å². The summed E-state index contributed by atoms with van der Waals surface area (Å²) in [5.74, 6) is 3.19. The van der Waals surface area contributed by atoms with Crippen LogP contribution in [0, 0.1) is 0 Å². The minimum atomic E-state index is 0.510. The monoisotopic (exact) mass is 268 g/mol. The molecule has 1 aromatic rings. The lowest BCUT2D eigenvalue weighted by molar-refractivity contribution is 0.436. The number of hydrogen-bond donors (Lipinski definition) is 1. The number of nitrogens with one attached hydrogen (secondary N) is 1. The maximum atomic E-state index is 4.90. The van der Waals surface area contributed by atoms with Gasteiger partial charge in [-0.2, -0.15) is 11.8 Å². The summed E-state index contributed by atoms with van der Waals surface area (Å²) >= 11 is 3.91. The second kappa shape index (κ2) is 5.72. The fraction of sp³-hybridized carbons (Fsp3) is 0.769. The van der Waals surface area contributed by atoms with Gasteiger partial charge in [-0.15, -0.1) is 11.3 Å². The lowest BCUT2D eigenvalue weighted by Crippen LogP contribution is -2.30. The molecular weight excluding hydrogens is 248 g/mol. The lowest BCUT2D eigenvalue weighted by Gasteiger charge is -2.22. The maximum absolute atomic E-state index is 4.90. The van der Waals surface area contributed by atoms with E-state index in [1.165, 1.54) is 54.3 Å². The van der Waals surface area contributed by atoms with Crippen molar-refractivity contribution in [3.05, 3.63) is 16.1 Å². The highest BCUT2D eigenvalue weighted by Gasteiger charge is 2.22. The van der Waals surface area contributed by atoms with Crippen LogP contribution >= 0.6 is 23.1 Å². The molecule has 1 aromatic heterocycles. The highest BCUT2D eigenvalue weighted by Crippen LogP contribution is 2.34. The molecule has 1 saturated heterocycles. The number of rotatable bonds is 2. The first-order chi connectivity index (χ1) is 8.43. The van der Waals surface area contributed by atoms with Crippen LogP contribution in [0.2, 0.25) is 0 Å². The van der Waals surface area contributed by atoms with Gasteiger partial charge in [0.2, 0.25) is 0 Å². The van der Waals surface area contributed by atoms with E-state index in [-0.39, 0.29) is 0 Å². The predicted octanol–water partition coefficient (Wildman–Crippen LogP) is 3.57. The standard InChI is InChI=1S/C13H20N2S2/c1-2-4-10(5-3-1)11-9-17-13(15-11)12-8-16-7-6-14-12/h9-10,12,14H,1-8H2. The predicted molar refractivity (Wildman–Crippen MR) is 76.0 cm³/mol. The van der Waals surface area contributed by atoms with Crippen LogP contribution in [0.25, 0.3) is 0 Å². The Morgan fingerprint density at radius 1 is 1.24 bits per heavy atom. The van der Waals surface area contributed by atoms with Gasteiger partial charge in [0.15, 0.2) is 0 Å². The van der Waals surface area contributed by atoms with Gasteiger partial charge in [-0.25, -0.2) is 4.98 Å². The molecule has 1 unspecified atom stereocenters. The molecular formula is C13H20N2S2. The van der Waals surface area contributed by atoms with E-state index in [0.717, 1.165) is 12.5 Å². The van der Waals surface area contributed by atoms with Crippen molar-refractivity contribution in [2.24, 2.45) is 0 Å². The molecule has 17 heavy (non-hydrogen) atoms. The zero-order valence-electron chi connectivity index (χ0n) is 10.2. The molecule has 0 spiro atoms. The summed E-state index contributed by atoms with van der Waals surface area (Å²) < 4.78 is 0. The fourth-order valence-corrected chi connectivity index (χ4v) is 4.79. The summed E-state index contributed by atoms with van der Waals surface area (Å²) in [7, 11) is 0. The van der Waals surface area contributed by atoms with Crippen molar-refractivity contribution in [1.82, 2.24) is 10.3 Å². The maximum Gasteiger partial charge on any atom is 0.111 e. The van der Waals surface area contributed by atoms with Crippen LogP contribution in [-0.4, -0.2) is 23.0 Å². The second-order valence-electron chi connectivity index (χ2n) is 5.03. The van der Waals surface area contributed by atoms with E-state index >= 15 is 0 Å². The summed E-state index contributed by atoms with van der Waals surface area (Å²) in [5, 5.41) is 7.21. The molecule has 0 amide bonds. The average Bonchev–Trinajstić information content (AvgIpc) is 2.90. The third-order valence-electron chi connectivity index (χ3n) is 3.78. The largest absolute Gasteiger partial charge is 0.306 e. The highest BCUT2D eigenvalue weighted by atomic mass is 32.2. The van der Waals surface area contributed by atoms with E-state index < -0.39 is 0 Å². The van der Waals surface area contributed by atoms with Crippen molar-refractivity contribution in [2.75, 3.05) is 18.1 Å². The van der Waals surface area contributed by atoms with Gasteiger partial charge < -0.3 is 5.32 Å². The van der Waals surface area contributed by atoms with E-state index in [1.807, 2.05) is 23.1 Å². The molecule has 2 heterocycles. The van der Waals surface area contributed by atoms with Crippen molar-refractivity contribution in [3.8, 4) is 0 Å². The smallest absolute Gasteiger partial charge is 0.111 e. The number of thioether (sulfide) groups is 1. The quantitative estimate of drug-likeness (QED) is 0.887. The van der Waals surface area contributed by atoms with Gasteiger partial charge >= 0.3 is 0 Å². The number of thiazole rings is 1. The number of hydrogen-bond acceptors (Lipinski definition) is 4. The summed E-state index contributed by atoms with van der Waals surface area (Å²) in [6.45, 7) is 1.13. The van der Waals surface area contributed by atoms with E-state index in [2.05, 4.69) is 10.7 Å². The molecule has 1 atom stereocenters. The molecule has 94 valence electrons. The summed E-state index contributed by atoms with van der Waals surface area (Å²) in [6.07, 6.45) is 6.93. The molecule has 4 heteroatoms. The van der Waals surface area contributed by atoms with Crippen molar-refractivity contribution >= 4 is 23.1 Å². The van der Waals surface area contributed by atoms with Crippen LogP contribution in [0.15, 0.2) is 5.38 Å². The highest BCUT2D eigenvalue weighted by molar-refractivity contribution is 7.99. The molecule has 1 N–H and O–H groups in total. The Labute approximate surface area is 112 Å². The molecule has 1 saturated carbocycles. The van der Waals surface area contributed by atoms with Crippen LogP contribution in [0.4, 0.5) is 0 Å². The fourth-order valence-electron chi connectivity index (χ4n) is 2.77. The minimum Gasteiger partial charge on any atom is -0.306 e. The molecule has 0 bridgehead atoms. The van der Waals surface area contributed by atoms with Crippen molar-refractivity contribution in [3.63, 3.8) is 0 Å². The Kier molecular flexibility index (Phi) is 4.04. The van der Waals surface area contributed by atoms with Crippen LogP contribution in [0.5, 0.6) is 0 Å². The Balaban J connectivity index is 1.68. The van der Waals surface area contributed by atoms with Crippen LogP contribution in [-0.2, 0) is 0 Å². The van der Waals surface area contributed by atoms with Gasteiger partial charge in [-0.1, -0.05) is 19.3 Å². The normalized spacial score (nSPS) is 27.2. The number of nitrogens with zero attached hydrogens (tertiary/aromatic N) is 1. The van der Waals surface area contributed by atoms with Crippen molar-refractivity contribution in [1.29, 1.82) is 0 Å². The zero-order valence-corrected chi connectivity index (χ0v) is 11.8. The van der Waals surface area contributed by atoms with Crippen LogP contribution < -0.4 is 5.32 Å². The van der Waals surface area contributed by atoms with Gasteiger partial charge in [0.25, 0.3) is 0 Å². The molecule has 0 aromatic carbocycles. The molecule has 0 radical (unpaired) electrons. The Bertz CT molecular complexity index is 320. The van der Waals surface area contributed by atoms with Crippen LogP contribution in [0.1, 0.15) is 54.8 Å². The first kappa shape index (κ1) is 12.0. The third kappa shape index (κ3) is 2.85. The summed E-state index contributed by atoms with van der Waals surface area (Å²) in [5.41, 5.74) is 1.38. The van der Waals surface area contributed by atoms with E-state index in [0.29, 0.717) is 6.04 Å². The average molecular weight is 268 g/mol. The van der Waals surface area contributed by atoms with Gasteiger partial charge in [-0.05, 0) is 12.8 Å². The number of aromatic nitrogens is 1. The molecule has 2 fully saturated rings. The van der Waals surface area contributed by atoms with Gasteiger partial charge in [0, 0.05) is 29.3 Å². The van der Waals surface area contributed by atoms with Crippen molar-refractivity contribution in [2.45, 2.75) is 44.1 Å². The second-order valence-corrected chi connectivity index (χ2v) is 7.07. The van der Waals surface area contributed by atoms with Crippen LogP contribution in [0.3, 0.4) is 0 Å². The van der Waals surface area contributed by atoms with Gasteiger partial charge in [-0.3, -0.25) is 0 Å². The topological polar surface area (TPSA) is 24.9 Å². The molecule has 2 aliphatic rings. The molecule has 3 rings (SSSR count). The first-order valence-electron chi connectivity index (χ1n) is 6.70. The Morgan fingerprint density at radius 2 is 2.12 bits per heavy atom. The SMILES string of the molecule is c1sc(C2CSCCN2)nc1C1CCCCC1. The third-order valence-corrected chi connectivity index (χ3v) is 5.82. The molecule has 1 aliphatic heterocycles. The lowest BCUT2D eigenvalue weighted by atomic mass is 9.87.